The summed E-state index contributed by atoms with van der Waals surface area (Å²) in [7, 11) is 0. The van der Waals surface area contributed by atoms with Crippen LogP contribution in [-0.2, 0) is 6.42 Å². The maximum atomic E-state index is 14.5. The van der Waals surface area contributed by atoms with Gasteiger partial charge >= 0.3 is 0 Å². The number of benzene rings is 1. The molecule has 0 atom stereocenters. The number of nitrogens with one attached hydrogen (secondary N) is 1. The molecule has 2 saturated heterocycles. The highest BCUT2D eigenvalue weighted by Gasteiger charge is 2.37. The highest BCUT2D eigenvalue weighted by atomic mass is 19.1. The lowest BCUT2D eigenvalue weighted by Crippen LogP contribution is -2.54. The molecule has 0 amide bonds. The molecule has 2 aliphatic rings. The van der Waals surface area contributed by atoms with Crippen molar-refractivity contribution >= 4 is 10.9 Å². The SMILES string of the molecule is CCc1nn(-c2noc(C3CCN(C4(C)CCNCC4)CC3)n2)c2c(F)cccc12. The van der Waals surface area contributed by atoms with E-state index >= 15 is 0 Å². The van der Waals surface area contributed by atoms with Crippen LogP contribution in [-0.4, -0.2) is 56.5 Å². The number of hydrogen-bond acceptors (Lipinski definition) is 6. The van der Waals surface area contributed by atoms with E-state index in [1.54, 1.807) is 6.07 Å². The van der Waals surface area contributed by atoms with Crippen LogP contribution < -0.4 is 5.32 Å². The van der Waals surface area contributed by atoms with Gasteiger partial charge in [0.2, 0.25) is 5.89 Å². The lowest BCUT2D eigenvalue weighted by atomic mass is 9.85. The van der Waals surface area contributed by atoms with Gasteiger partial charge in [0.25, 0.3) is 5.95 Å². The van der Waals surface area contributed by atoms with Crippen LogP contribution in [0.25, 0.3) is 16.9 Å². The summed E-state index contributed by atoms with van der Waals surface area (Å²) in [5.41, 5.74) is 1.54. The minimum Gasteiger partial charge on any atom is -0.337 e. The van der Waals surface area contributed by atoms with Gasteiger partial charge in [-0.3, -0.25) is 4.90 Å². The molecule has 5 rings (SSSR count). The zero-order chi connectivity index (χ0) is 20.7. The van der Waals surface area contributed by atoms with Gasteiger partial charge in [0.1, 0.15) is 11.3 Å². The van der Waals surface area contributed by atoms with E-state index < -0.39 is 0 Å². The molecule has 30 heavy (non-hydrogen) atoms. The number of aryl methyl sites for hydroxylation is 1. The minimum absolute atomic E-state index is 0.241. The molecule has 2 aliphatic heterocycles. The van der Waals surface area contributed by atoms with Gasteiger partial charge < -0.3 is 9.84 Å². The third kappa shape index (κ3) is 3.32. The molecule has 2 fully saturated rings. The Balaban J connectivity index is 1.35. The summed E-state index contributed by atoms with van der Waals surface area (Å²) in [6.07, 6.45) is 5.10. The largest absolute Gasteiger partial charge is 0.337 e. The van der Waals surface area contributed by atoms with Crippen LogP contribution in [0.5, 0.6) is 0 Å². The molecule has 7 nitrogen and oxygen atoms in total. The van der Waals surface area contributed by atoms with Crippen LogP contribution in [0.4, 0.5) is 4.39 Å². The quantitative estimate of drug-likeness (QED) is 0.708. The first-order chi connectivity index (χ1) is 14.6. The Hall–Kier alpha value is -2.32. The Morgan fingerprint density at radius 1 is 1.23 bits per heavy atom. The lowest BCUT2D eigenvalue weighted by molar-refractivity contribution is 0.0453. The van der Waals surface area contributed by atoms with Gasteiger partial charge in [-0.2, -0.15) is 14.8 Å². The van der Waals surface area contributed by atoms with Gasteiger partial charge in [0.15, 0.2) is 0 Å². The standard InChI is InChI=1S/C22H29FN6O/c1-3-18-16-5-4-6-17(23)19(16)29(26-18)21-25-20(30-27-21)15-7-13-28(14-8-15)22(2)9-11-24-12-10-22/h4-6,15,24H,3,7-14H2,1-2H3. The molecule has 0 saturated carbocycles. The van der Waals surface area contributed by atoms with Crippen molar-refractivity contribution in [1.29, 1.82) is 0 Å². The van der Waals surface area contributed by atoms with Crippen molar-refractivity contribution in [2.45, 2.75) is 57.4 Å². The number of para-hydroxylation sites is 1. The van der Waals surface area contributed by atoms with Crippen molar-refractivity contribution in [2.24, 2.45) is 0 Å². The summed E-state index contributed by atoms with van der Waals surface area (Å²) in [5.74, 6) is 0.866. The van der Waals surface area contributed by atoms with Gasteiger partial charge in [0, 0.05) is 16.8 Å². The van der Waals surface area contributed by atoms with Crippen molar-refractivity contribution in [2.75, 3.05) is 26.2 Å². The lowest BCUT2D eigenvalue weighted by Gasteiger charge is -2.47. The summed E-state index contributed by atoms with van der Waals surface area (Å²) < 4.78 is 21.7. The number of halogens is 1. The minimum atomic E-state index is -0.324. The summed E-state index contributed by atoms with van der Waals surface area (Å²) in [5, 5.41) is 13.0. The second kappa shape index (κ2) is 7.74. The van der Waals surface area contributed by atoms with Crippen LogP contribution in [0.15, 0.2) is 22.7 Å². The third-order valence-corrected chi connectivity index (χ3v) is 6.97. The van der Waals surface area contributed by atoms with Crippen molar-refractivity contribution in [1.82, 2.24) is 30.1 Å². The summed E-state index contributed by atoms with van der Waals surface area (Å²) in [6.45, 7) is 8.67. The zero-order valence-corrected chi connectivity index (χ0v) is 17.7. The van der Waals surface area contributed by atoms with E-state index in [9.17, 15) is 4.39 Å². The second-order valence-corrected chi connectivity index (χ2v) is 8.79. The number of fused-ring (bicyclic) bond motifs is 1. The molecule has 0 bridgehead atoms. The highest BCUT2D eigenvalue weighted by molar-refractivity contribution is 5.83. The normalized spacial score (nSPS) is 20.8. The second-order valence-electron chi connectivity index (χ2n) is 8.79. The molecule has 2 aromatic heterocycles. The van der Waals surface area contributed by atoms with Crippen molar-refractivity contribution in [3.05, 3.63) is 35.6 Å². The molecular formula is C22H29FN6O. The van der Waals surface area contributed by atoms with Gasteiger partial charge in [-0.25, -0.2) is 4.39 Å². The van der Waals surface area contributed by atoms with Gasteiger partial charge in [0.05, 0.1) is 5.69 Å². The van der Waals surface area contributed by atoms with Crippen molar-refractivity contribution < 1.29 is 8.91 Å². The molecule has 4 heterocycles. The van der Waals surface area contributed by atoms with Crippen LogP contribution >= 0.6 is 0 Å². The zero-order valence-electron chi connectivity index (χ0n) is 17.7. The van der Waals surface area contributed by atoms with Gasteiger partial charge in [-0.05, 0) is 76.4 Å². The Labute approximate surface area is 175 Å². The van der Waals surface area contributed by atoms with E-state index in [1.807, 2.05) is 13.0 Å². The van der Waals surface area contributed by atoms with Gasteiger partial charge in [-0.15, -0.1) is 0 Å². The van der Waals surface area contributed by atoms with E-state index in [1.165, 1.54) is 23.6 Å². The molecule has 1 N–H and O–H groups in total. The number of rotatable bonds is 4. The number of hydrogen-bond donors (Lipinski definition) is 1. The van der Waals surface area contributed by atoms with E-state index in [0.29, 0.717) is 23.8 Å². The van der Waals surface area contributed by atoms with E-state index in [4.69, 9.17) is 4.52 Å². The van der Waals surface area contributed by atoms with E-state index in [-0.39, 0.29) is 17.3 Å². The Morgan fingerprint density at radius 3 is 2.73 bits per heavy atom. The summed E-state index contributed by atoms with van der Waals surface area (Å²) in [6, 6.07) is 5.04. The first-order valence-electron chi connectivity index (χ1n) is 11.0. The first kappa shape index (κ1) is 19.6. The van der Waals surface area contributed by atoms with Crippen LogP contribution in [0.3, 0.4) is 0 Å². The molecule has 3 aromatic rings. The Kier molecular flexibility index (Phi) is 5.06. The Morgan fingerprint density at radius 2 is 2.00 bits per heavy atom. The van der Waals surface area contributed by atoms with E-state index in [0.717, 1.165) is 50.1 Å². The fourth-order valence-electron chi connectivity index (χ4n) is 5.02. The fraction of sp³-hybridized carbons (Fsp3) is 0.591. The van der Waals surface area contributed by atoms with Crippen LogP contribution in [0, 0.1) is 5.82 Å². The number of likely N-dealkylation sites (tertiary alicyclic amines) is 1. The summed E-state index contributed by atoms with van der Waals surface area (Å²) in [4.78, 5) is 7.26. The maximum absolute atomic E-state index is 14.5. The summed E-state index contributed by atoms with van der Waals surface area (Å²) >= 11 is 0. The molecule has 0 unspecified atom stereocenters. The molecule has 0 spiro atoms. The highest BCUT2D eigenvalue weighted by Crippen LogP contribution is 2.34. The molecule has 0 radical (unpaired) electrons. The molecular weight excluding hydrogens is 383 g/mol. The molecule has 160 valence electrons. The molecule has 8 heteroatoms. The number of nitrogens with zero attached hydrogens (tertiary/aromatic N) is 5. The predicted molar refractivity (Wildman–Crippen MR) is 112 cm³/mol. The topological polar surface area (TPSA) is 72.0 Å². The third-order valence-electron chi connectivity index (χ3n) is 6.97. The first-order valence-corrected chi connectivity index (χ1v) is 11.0. The molecule has 0 aliphatic carbocycles. The average molecular weight is 413 g/mol. The number of piperidine rings is 2. The smallest absolute Gasteiger partial charge is 0.291 e. The predicted octanol–water partition coefficient (Wildman–Crippen LogP) is 3.43. The van der Waals surface area contributed by atoms with Gasteiger partial charge in [-0.1, -0.05) is 19.1 Å². The number of aromatic nitrogens is 4. The van der Waals surface area contributed by atoms with Crippen molar-refractivity contribution in [3.63, 3.8) is 0 Å². The van der Waals surface area contributed by atoms with Crippen LogP contribution in [0.2, 0.25) is 0 Å². The van der Waals surface area contributed by atoms with Crippen molar-refractivity contribution in [3.8, 4) is 5.95 Å². The molecule has 1 aromatic carbocycles. The van der Waals surface area contributed by atoms with Crippen LogP contribution in [0.1, 0.15) is 57.0 Å². The Bertz CT molecular complexity index is 1030. The average Bonchev–Trinajstić information content (AvgIpc) is 3.40. The monoisotopic (exact) mass is 412 g/mol. The van der Waals surface area contributed by atoms with E-state index in [2.05, 4.69) is 32.4 Å². The fourth-order valence-corrected chi connectivity index (χ4v) is 5.02. The maximum Gasteiger partial charge on any atom is 0.291 e.